The van der Waals surface area contributed by atoms with Crippen LogP contribution in [-0.4, -0.2) is 12.1 Å². The van der Waals surface area contributed by atoms with Crippen molar-refractivity contribution >= 4 is 5.69 Å². The van der Waals surface area contributed by atoms with E-state index >= 15 is 0 Å². The molecule has 16 heavy (non-hydrogen) atoms. The minimum absolute atomic E-state index is 0.315. The maximum absolute atomic E-state index is 6.13. The number of rotatable bonds is 2. The van der Waals surface area contributed by atoms with E-state index in [1.807, 2.05) is 0 Å². The van der Waals surface area contributed by atoms with Gasteiger partial charge in [-0.3, -0.25) is 0 Å². The number of hydrogen-bond donors (Lipinski definition) is 2. The summed E-state index contributed by atoms with van der Waals surface area (Å²) < 4.78 is 0. The molecule has 1 fully saturated rings. The van der Waals surface area contributed by atoms with Crippen LogP contribution in [0.3, 0.4) is 0 Å². The van der Waals surface area contributed by atoms with Crippen LogP contribution in [0.1, 0.15) is 36.8 Å². The summed E-state index contributed by atoms with van der Waals surface area (Å²) in [6.45, 7) is 4.30. The molecule has 0 unspecified atom stereocenters. The summed E-state index contributed by atoms with van der Waals surface area (Å²) in [6, 6.07) is 7.32. The van der Waals surface area contributed by atoms with Gasteiger partial charge in [0.05, 0.1) is 0 Å². The number of hydrogen-bond acceptors (Lipinski definition) is 2. The normalized spacial score (nSPS) is 25.4. The standard InChI is InChI=1S/C14H22N2/c1-10-7-8-12(9-11(10)2)16-14-6-4-3-5-13(14)15/h7-9,13-14,16H,3-6,15H2,1-2H3/t13-,14-/m1/s1. The van der Waals surface area contributed by atoms with Gasteiger partial charge in [-0.1, -0.05) is 18.9 Å². The van der Waals surface area contributed by atoms with Gasteiger partial charge >= 0.3 is 0 Å². The van der Waals surface area contributed by atoms with Gasteiger partial charge in [-0.15, -0.1) is 0 Å². The Kier molecular flexibility index (Phi) is 3.49. The first-order valence-corrected chi connectivity index (χ1v) is 6.26. The molecule has 0 heterocycles. The highest BCUT2D eigenvalue weighted by Gasteiger charge is 2.21. The maximum Gasteiger partial charge on any atom is 0.0412 e. The molecule has 0 aliphatic heterocycles. The van der Waals surface area contributed by atoms with Gasteiger partial charge in [-0.05, 0) is 49.9 Å². The van der Waals surface area contributed by atoms with E-state index in [0.717, 1.165) is 6.42 Å². The third-order valence-electron chi connectivity index (χ3n) is 3.68. The van der Waals surface area contributed by atoms with Crippen molar-refractivity contribution in [2.75, 3.05) is 5.32 Å². The van der Waals surface area contributed by atoms with E-state index < -0.39 is 0 Å². The molecule has 1 aromatic carbocycles. The van der Waals surface area contributed by atoms with Crippen molar-refractivity contribution in [1.29, 1.82) is 0 Å². The molecule has 0 amide bonds. The molecule has 2 rings (SSSR count). The average Bonchev–Trinajstić information content (AvgIpc) is 2.27. The summed E-state index contributed by atoms with van der Waals surface area (Å²) in [6.07, 6.45) is 4.94. The molecule has 1 aromatic rings. The van der Waals surface area contributed by atoms with Crippen LogP contribution in [0.4, 0.5) is 5.69 Å². The largest absolute Gasteiger partial charge is 0.381 e. The lowest BCUT2D eigenvalue weighted by atomic mass is 9.91. The molecule has 1 aliphatic carbocycles. The molecule has 88 valence electrons. The Morgan fingerprint density at radius 3 is 2.56 bits per heavy atom. The maximum atomic E-state index is 6.13. The fourth-order valence-corrected chi connectivity index (χ4v) is 2.38. The number of aryl methyl sites for hydroxylation is 2. The van der Waals surface area contributed by atoms with Crippen molar-refractivity contribution in [3.8, 4) is 0 Å². The Bertz CT molecular complexity index is 360. The molecular weight excluding hydrogens is 196 g/mol. The summed E-state index contributed by atoms with van der Waals surface area (Å²) in [5.41, 5.74) is 10.0. The zero-order valence-electron chi connectivity index (χ0n) is 10.3. The molecule has 0 bridgehead atoms. The molecule has 1 saturated carbocycles. The zero-order valence-corrected chi connectivity index (χ0v) is 10.3. The van der Waals surface area contributed by atoms with Gasteiger partial charge in [0, 0.05) is 17.8 Å². The van der Waals surface area contributed by atoms with Crippen LogP contribution >= 0.6 is 0 Å². The van der Waals surface area contributed by atoms with E-state index in [2.05, 4.69) is 37.4 Å². The van der Waals surface area contributed by atoms with Crippen molar-refractivity contribution in [3.05, 3.63) is 29.3 Å². The highest BCUT2D eigenvalue weighted by atomic mass is 15.0. The smallest absolute Gasteiger partial charge is 0.0412 e. The fraction of sp³-hybridized carbons (Fsp3) is 0.571. The molecule has 0 aromatic heterocycles. The molecule has 2 heteroatoms. The van der Waals surface area contributed by atoms with E-state index in [0.29, 0.717) is 12.1 Å². The second-order valence-corrected chi connectivity index (χ2v) is 5.00. The molecule has 0 spiro atoms. The quantitative estimate of drug-likeness (QED) is 0.801. The van der Waals surface area contributed by atoms with Crippen LogP contribution in [0.25, 0.3) is 0 Å². The average molecular weight is 218 g/mol. The molecule has 0 saturated heterocycles. The Hall–Kier alpha value is -1.02. The van der Waals surface area contributed by atoms with Crippen LogP contribution in [0.2, 0.25) is 0 Å². The lowest BCUT2D eigenvalue weighted by Gasteiger charge is -2.30. The van der Waals surface area contributed by atoms with E-state index in [9.17, 15) is 0 Å². The first-order chi connectivity index (χ1) is 7.66. The van der Waals surface area contributed by atoms with Gasteiger partial charge < -0.3 is 11.1 Å². The Labute approximate surface area is 98.2 Å². The second kappa shape index (κ2) is 4.88. The highest BCUT2D eigenvalue weighted by molar-refractivity contribution is 5.49. The molecule has 2 nitrogen and oxygen atoms in total. The fourth-order valence-electron chi connectivity index (χ4n) is 2.38. The van der Waals surface area contributed by atoms with Crippen molar-refractivity contribution in [1.82, 2.24) is 0 Å². The Morgan fingerprint density at radius 2 is 1.88 bits per heavy atom. The zero-order chi connectivity index (χ0) is 11.5. The summed E-state index contributed by atoms with van der Waals surface area (Å²) in [5.74, 6) is 0. The topological polar surface area (TPSA) is 38.0 Å². The van der Waals surface area contributed by atoms with E-state index in [1.54, 1.807) is 0 Å². The van der Waals surface area contributed by atoms with Gasteiger partial charge in [0.2, 0.25) is 0 Å². The summed E-state index contributed by atoms with van der Waals surface area (Å²) >= 11 is 0. The third kappa shape index (κ3) is 2.56. The number of anilines is 1. The molecule has 2 atom stereocenters. The number of nitrogens with one attached hydrogen (secondary N) is 1. The van der Waals surface area contributed by atoms with Crippen LogP contribution in [-0.2, 0) is 0 Å². The lowest BCUT2D eigenvalue weighted by molar-refractivity contribution is 0.404. The van der Waals surface area contributed by atoms with Crippen LogP contribution in [0.15, 0.2) is 18.2 Å². The highest BCUT2D eigenvalue weighted by Crippen LogP contribution is 2.22. The summed E-state index contributed by atoms with van der Waals surface area (Å²) in [4.78, 5) is 0. The predicted molar refractivity (Wildman–Crippen MR) is 69.8 cm³/mol. The third-order valence-corrected chi connectivity index (χ3v) is 3.68. The van der Waals surface area contributed by atoms with E-state index in [4.69, 9.17) is 5.73 Å². The molecule has 3 N–H and O–H groups in total. The van der Waals surface area contributed by atoms with Crippen LogP contribution in [0.5, 0.6) is 0 Å². The van der Waals surface area contributed by atoms with Gasteiger partial charge in [-0.2, -0.15) is 0 Å². The van der Waals surface area contributed by atoms with Crippen molar-refractivity contribution in [2.45, 2.75) is 51.6 Å². The summed E-state index contributed by atoms with van der Waals surface area (Å²) in [7, 11) is 0. The molecule has 0 radical (unpaired) electrons. The van der Waals surface area contributed by atoms with Crippen LogP contribution < -0.4 is 11.1 Å². The Morgan fingerprint density at radius 1 is 1.12 bits per heavy atom. The van der Waals surface area contributed by atoms with E-state index in [1.165, 1.54) is 36.1 Å². The van der Waals surface area contributed by atoms with Crippen molar-refractivity contribution in [2.24, 2.45) is 5.73 Å². The first-order valence-electron chi connectivity index (χ1n) is 6.26. The first kappa shape index (κ1) is 11.5. The monoisotopic (exact) mass is 218 g/mol. The number of benzene rings is 1. The van der Waals surface area contributed by atoms with Gasteiger partial charge in [0.25, 0.3) is 0 Å². The lowest BCUT2D eigenvalue weighted by Crippen LogP contribution is -2.42. The van der Waals surface area contributed by atoms with Gasteiger partial charge in [-0.25, -0.2) is 0 Å². The second-order valence-electron chi connectivity index (χ2n) is 5.00. The summed E-state index contributed by atoms with van der Waals surface area (Å²) in [5, 5.41) is 3.57. The van der Waals surface area contributed by atoms with Gasteiger partial charge in [0.15, 0.2) is 0 Å². The van der Waals surface area contributed by atoms with Crippen molar-refractivity contribution < 1.29 is 0 Å². The SMILES string of the molecule is Cc1ccc(N[C@@H]2CCCC[C@H]2N)cc1C. The molecule has 1 aliphatic rings. The van der Waals surface area contributed by atoms with Crippen LogP contribution in [0, 0.1) is 13.8 Å². The molecular formula is C14H22N2. The van der Waals surface area contributed by atoms with E-state index in [-0.39, 0.29) is 0 Å². The number of nitrogens with two attached hydrogens (primary N) is 1. The minimum Gasteiger partial charge on any atom is -0.381 e. The Balaban J connectivity index is 2.05. The van der Waals surface area contributed by atoms with Crippen molar-refractivity contribution in [3.63, 3.8) is 0 Å². The minimum atomic E-state index is 0.315. The van der Waals surface area contributed by atoms with Gasteiger partial charge in [0.1, 0.15) is 0 Å². The predicted octanol–water partition coefficient (Wildman–Crippen LogP) is 2.99.